The Morgan fingerprint density at radius 1 is 1.00 bits per heavy atom. The molecule has 0 spiro atoms. The molecule has 1 amide bonds. The molecule has 4 saturated carbocycles. The molecule has 34 heavy (non-hydrogen) atoms. The van der Waals surface area contributed by atoms with Gasteiger partial charge >= 0.3 is 5.97 Å². The molecular formula is C27H45NO6. The topological polar surface area (TPSA) is 127 Å². The first-order valence-electron chi connectivity index (χ1n) is 13.5. The van der Waals surface area contributed by atoms with Crippen molar-refractivity contribution in [3.8, 4) is 0 Å². The second-order valence-electron chi connectivity index (χ2n) is 12.7. The molecule has 5 N–H and O–H groups in total. The fourth-order valence-corrected chi connectivity index (χ4v) is 9.07. The molecule has 0 heterocycles. The van der Waals surface area contributed by atoms with Crippen LogP contribution in [0.3, 0.4) is 0 Å². The molecule has 4 aliphatic carbocycles. The van der Waals surface area contributed by atoms with Crippen molar-refractivity contribution in [2.24, 2.45) is 46.3 Å². The van der Waals surface area contributed by atoms with E-state index >= 15 is 0 Å². The minimum Gasteiger partial charge on any atom is -0.480 e. The monoisotopic (exact) mass is 479 g/mol. The van der Waals surface area contributed by atoms with Crippen LogP contribution in [0.5, 0.6) is 0 Å². The summed E-state index contributed by atoms with van der Waals surface area (Å²) in [6.07, 6.45) is 5.82. The number of aliphatic hydroxyl groups excluding tert-OH is 3. The van der Waals surface area contributed by atoms with Gasteiger partial charge in [0.2, 0.25) is 5.91 Å². The van der Waals surface area contributed by atoms with Gasteiger partial charge in [-0.1, -0.05) is 20.8 Å². The molecule has 0 bridgehead atoms. The van der Waals surface area contributed by atoms with E-state index in [1.807, 2.05) is 0 Å². The predicted octanol–water partition coefficient (Wildman–Crippen LogP) is 2.95. The van der Waals surface area contributed by atoms with E-state index in [9.17, 15) is 24.9 Å². The molecule has 0 aromatic heterocycles. The highest BCUT2D eigenvalue weighted by Gasteiger charge is 2.65. The number of rotatable bonds is 6. The van der Waals surface area contributed by atoms with Crippen LogP contribution >= 0.6 is 0 Å². The Labute approximate surface area is 203 Å². The summed E-state index contributed by atoms with van der Waals surface area (Å²) in [5.41, 5.74) is -0.224. The molecule has 0 aliphatic heterocycles. The number of carboxylic acids is 1. The molecule has 4 fully saturated rings. The molecule has 4 rings (SSSR count). The maximum absolute atomic E-state index is 12.3. The zero-order chi connectivity index (χ0) is 25.0. The van der Waals surface area contributed by atoms with E-state index in [1.54, 1.807) is 0 Å². The summed E-state index contributed by atoms with van der Waals surface area (Å²) in [5.74, 6) is 0.237. The van der Waals surface area contributed by atoms with Crippen LogP contribution in [0.15, 0.2) is 0 Å². The highest BCUT2D eigenvalue weighted by atomic mass is 16.4. The summed E-state index contributed by atoms with van der Waals surface area (Å²) in [4.78, 5) is 23.3. The summed E-state index contributed by atoms with van der Waals surface area (Å²) < 4.78 is 0. The Hall–Kier alpha value is -1.18. The van der Waals surface area contributed by atoms with Crippen LogP contribution in [0.2, 0.25) is 0 Å². The van der Waals surface area contributed by atoms with Crippen LogP contribution in [-0.4, -0.2) is 56.7 Å². The Morgan fingerprint density at radius 2 is 1.71 bits per heavy atom. The van der Waals surface area contributed by atoms with Crippen LogP contribution in [0.4, 0.5) is 0 Å². The quantitative estimate of drug-likeness (QED) is 0.399. The number of aliphatic hydroxyl groups is 3. The lowest BCUT2D eigenvalue weighted by Crippen LogP contribution is -2.62. The van der Waals surface area contributed by atoms with Crippen molar-refractivity contribution in [1.29, 1.82) is 0 Å². The van der Waals surface area contributed by atoms with Gasteiger partial charge in [-0.2, -0.15) is 0 Å². The third-order valence-corrected chi connectivity index (χ3v) is 11.1. The van der Waals surface area contributed by atoms with Gasteiger partial charge in [0.05, 0.1) is 18.3 Å². The average Bonchev–Trinajstić information content (AvgIpc) is 3.12. The molecule has 1 unspecified atom stereocenters. The van der Waals surface area contributed by atoms with Gasteiger partial charge in [0.25, 0.3) is 0 Å². The van der Waals surface area contributed by atoms with Crippen molar-refractivity contribution in [3.63, 3.8) is 0 Å². The maximum Gasteiger partial charge on any atom is 0.325 e. The number of aliphatic carboxylic acids is 1. The Morgan fingerprint density at radius 3 is 2.38 bits per heavy atom. The lowest BCUT2D eigenvalue weighted by atomic mass is 9.43. The fraction of sp³-hybridized carbons (Fsp3) is 0.926. The Bertz CT molecular complexity index is 789. The standard InChI is InChI=1S/C27H45NO6/c1-14(5-8-23(32)28-15(2)25(33)34)18-6-7-19-24-20(13-22(31)27(18,19)4)26(3)10-9-17(29)11-16(26)12-21(24)30/h14-22,24,29-31H,5-13H2,1-4H3,(H,28,32)(H,33,34)/t14-,15?,16+,17-,18-,19+,20+,21-,22+,24+,26+,27-/m1/s1. The van der Waals surface area contributed by atoms with Crippen molar-refractivity contribution in [3.05, 3.63) is 0 Å². The minimum atomic E-state index is -1.04. The molecule has 0 aromatic rings. The van der Waals surface area contributed by atoms with Gasteiger partial charge in [-0.15, -0.1) is 0 Å². The Balaban J connectivity index is 1.48. The number of carbonyl (C=O) groups excluding carboxylic acids is 1. The minimum absolute atomic E-state index is 0.0636. The van der Waals surface area contributed by atoms with Crippen molar-refractivity contribution in [2.75, 3.05) is 0 Å². The van der Waals surface area contributed by atoms with Crippen molar-refractivity contribution < 1.29 is 30.0 Å². The zero-order valence-electron chi connectivity index (χ0n) is 21.2. The smallest absolute Gasteiger partial charge is 0.325 e. The first kappa shape index (κ1) is 25.9. The van der Waals surface area contributed by atoms with Crippen LogP contribution in [-0.2, 0) is 9.59 Å². The Kier molecular flexibility index (Phi) is 7.13. The zero-order valence-corrected chi connectivity index (χ0v) is 21.2. The fourth-order valence-electron chi connectivity index (χ4n) is 9.07. The van der Waals surface area contributed by atoms with Crippen LogP contribution in [0, 0.1) is 46.3 Å². The number of carboxylic acid groups (broad SMARTS) is 1. The van der Waals surface area contributed by atoms with E-state index in [4.69, 9.17) is 5.11 Å². The van der Waals surface area contributed by atoms with Gasteiger partial charge < -0.3 is 25.7 Å². The van der Waals surface area contributed by atoms with Gasteiger partial charge in [-0.05, 0) is 105 Å². The number of carbonyl (C=O) groups is 2. The SMILES string of the molecule is CC(NC(=O)CC[C@@H](C)[C@H]1CC[C@H]2[C@@H]3[C@H](O)C[C@@H]4C[C@H](O)CC[C@]4(C)[C@H]3C[C@H](O)[C@]12C)C(=O)O. The largest absolute Gasteiger partial charge is 0.480 e. The van der Waals surface area contributed by atoms with E-state index in [0.29, 0.717) is 18.8 Å². The molecule has 0 saturated heterocycles. The number of fused-ring (bicyclic) bond motifs is 5. The molecule has 4 aliphatic rings. The summed E-state index contributed by atoms with van der Waals surface area (Å²) in [7, 11) is 0. The van der Waals surface area contributed by atoms with Crippen LogP contribution in [0.1, 0.15) is 85.5 Å². The van der Waals surface area contributed by atoms with E-state index in [2.05, 4.69) is 26.1 Å². The lowest BCUT2D eigenvalue weighted by molar-refractivity contribution is -0.207. The third-order valence-electron chi connectivity index (χ3n) is 11.1. The van der Waals surface area contributed by atoms with E-state index in [0.717, 1.165) is 38.5 Å². The molecule has 12 atom stereocenters. The van der Waals surface area contributed by atoms with Gasteiger partial charge in [0.1, 0.15) is 6.04 Å². The average molecular weight is 480 g/mol. The van der Waals surface area contributed by atoms with Crippen LogP contribution in [0.25, 0.3) is 0 Å². The molecule has 7 heteroatoms. The van der Waals surface area contributed by atoms with Gasteiger partial charge in [0.15, 0.2) is 0 Å². The number of nitrogens with one attached hydrogen (secondary N) is 1. The lowest BCUT2D eigenvalue weighted by Gasteiger charge is -2.63. The summed E-state index contributed by atoms with van der Waals surface area (Å²) in [5, 5.41) is 44.8. The molecule has 194 valence electrons. The number of amides is 1. The van der Waals surface area contributed by atoms with Gasteiger partial charge in [-0.25, -0.2) is 0 Å². The van der Waals surface area contributed by atoms with Crippen molar-refractivity contribution in [2.45, 2.75) is 110 Å². The second-order valence-corrected chi connectivity index (χ2v) is 12.7. The van der Waals surface area contributed by atoms with Crippen molar-refractivity contribution in [1.82, 2.24) is 5.32 Å². The normalized spacial score (nSPS) is 47.6. The summed E-state index contributed by atoms with van der Waals surface area (Å²) in [6.45, 7) is 8.18. The second kappa shape index (κ2) is 9.36. The van der Waals surface area contributed by atoms with E-state index in [1.165, 1.54) is 6.92 Å². The highest BCUT2D eigenvalue weighted by molar-refractivity contribution is 5.83. The predicted molar refractivity (Wildman–Crippen MR) is 128 cm³/mol. The van der Waals surface area contributed by atoms with Crippen LogP contribution < -0.4 is 5.32 Å². The van der Waals surface area contributed by atoms with Crippen molar-refractivity contribution >= 4 is 11.9 Å². The molecule has 0 aromatic carbocycles. The first-order chi connectivity index (χ1) is 15.9. The summed E-state index contributed by atoms with van der Waals surface area (Å²) >= 11 is 0. The highest BCUT2D eigenvalue weighted by Crippen LogP contribution is 2.68. The summed E-state index contributed by atoms with van der Waals surface area (Å²) in [6, 6.07) is -0.896. The van der Waals surface area contributed by atoms with E-state index < -0.39 is 18.1 Å². The third kappa shape index (κ3) is 4.20. The number of hydrogen-bond acceptors (Lipinski definition) is 5. The number of hydrogen-bond donors (Lipinski definition) is 5. The molecule has 0 radical (unpaired) electrons. The first-order valence-corrected chi connectivity index (χ1v) is 13.5. The van der Waals surface area contributed by atoms with Gasteiger partial charge in [-0.3, -0.25) is 9.59 Å². The molecule has 7 nitrogen and oxygen atoms in total. The van der Waals surface area contributed by atoms with Gasteiger partial charge in [0, 0.05) is 6.42 Å². The van der Waals surface area contributed by atoms with E-state index in [-0.39, 0.29) is 65.0 Å². The molecular weight excluding hydrogens is 434 g/mol. The maximum atomic E-state index is 12.3.